The summed E-state index contributed by atoms with van der Waals surface area (Å²) in [5.41, 5.74) is 0. The van der Waals surface area contributed by atoms with Crippen molar-refractivity contribution in [2.75, 3.05) is 0 Å². The fraction of sp³-hybridized carbons (Fsp3) is 0.667. The highest BCUT2D eigenvalue weighted by atomic mass is 35.5. The van der Waals surface area contributed by atoms with Crippen molar-refractivity contribution in [1.29, 1.82) is 0 Å². The van der Waals surface area contributed by atoms with Gasteiger partial charge in [-0.15, -0.1) is 11.6 Å². The molecule has 4 nitrogen and oxygen atoms in total. The highest BCUT2D eigenvalue weighted by Crippen LogP contribution is 1.93. The Hall–Kier alpha value is -0.770. The van der Waals surface area contributed by atoms with E-state index in [-0.39, 0.29) is 0 Å². The number of alkyl halides is 1. The van der Waals surface area contributed by atoms with Crippen molar-refractivity contribution in [2.45, 2.75) is 25.3 Å². The van der Waals surface area contributed by atoms with E-state index in [9.17, 15) is 9.59 Å². The molecule has 0 spiro atoms. The number of halogens is 1. The first-order valence-electron chi connectivity index (χ1n) is 3.12. The van der Waals surface area contributed by atoms with Gasteiger partial charge >= 0.3 is 5.97 Å². The van der Waals surface area contributed by atoms with E-state index in [4.69, 9.17) is 16.7 Å². The average molecular weight is 180 g/mol. The first kappa shape index (κ1) is 10.2. The smallest absolute Gasteiger partial charge is 0.325 e. The maximum atomic E-state index is 10.8. The zero-order valence-electron chi connectivity index (χ0n) is 6.30. The summed E-state index contributed by atoms with van der Waals surface area (Å²) in [6, 6.07) is -0.885. The minimum absolute atomic E-state index is 0.471. The Morgan fingerprint density at radius 2 is 1.91 bits per heavy atom. The molecule has 0 aliphatic heterocycles. The second kappa shape index (κ2) is 4.18. The number of carbonyl (C=O) groups is 2. The fourth-order valence-electron chi connectivity index (χ4n) is 0.390. The summed E-state index contributed by atoms with van der Waals surface area (Å²) in [5, 5.41) is 9.87. The minimum Gasteiger partial charge on any atom is -0.480 e. The van der Waals surface area contributed by atoms with Gasteiger partial charge in [0.05, 0.1) is 0 Å². The van der Waals surface area contributed by atoms with Gasteiger partial charge in [0.25, 0.3) is 0 Å². The molecule has 2 atom stereocenters. The van der Waals surface area contributed by atoms with E-state index < -0.39 is 23.3 Å². The first-order chi connectivity index (χ1) is 4.95. The van der Waals surface area contributed by atoms with Crippen molar-refractivity contribution in [3.8, 4) is 0 Å². The Morgan fingerprint density at radius 3 is 2.18 bits per heavy atom. The summed E-state index contributed by atoms with van der Waals surface area (Å²) in [4.78, 5) is 21.0. The lowest BCUT2D eigenvalue weighted by Gasteiger charge is -2.09. The van der Waals surface area contributed by atoms with Crippen LogP contribution < -0.4 is 5.32 Å². The van der Waals surface area contributed by atoms with Gasteiger partial charge in [-0.05, 0) is 13.8 Å². The molecule has 1 amide bonds. The molecular weight excluding hydrogens is 170 g/mol. The molecule has 0 fully saturated rings. The number of carboxylic acid groups (broad SMARTS) is 1. The monoisotopic (exact) mass is 179 g/mol. The molecular formula is C6H10ClNO3. The standard InChI is InChI=1S/C6H10ClNO3/c1-3(7)5(9)8-4(2)6(10)11/h3-4H,1-2H3,(H,8,9)(H,10,11)/t3-,4+/m1/s1. The molecule has 5 heteroatoms. The average Bonchev–Trinajstić information content (AvgIpc) is 1.87. The zero-order valence-corrected chi connectivity index (χ0v) is 7.05. The number of carboxylic acids is 1. The summed E-state index contributed by atoms with van der Waals surface area (Å²) in [6.45, 7) is 2.85. The maximum Gasteiger partial charge on any atom is 0.325 e. The number of nitrogens with one attached hydrogen (secondary N) is 1. The van der Waals surface area contributed by atoms with Crippen molar-refractivity contribution in [3.63, 3.8) is 0 Å². The Bertz CT molecular complexity index is 169. The van der Waals surface area contributed by atoms with Gasteiger partial charge in [0.1, 0.15) is 11.4 Å². The first-order valence-corrected chi connectivity index (χ1v) is 3.56. The third-order valence-electron chi connectivity index (χ3n) is 1.09. The molecule has 0 saturated carbocycles. The lowest BCUT2D eigenvalue weighted by Crippen LogP contribution is -2.41. The van der Waals surface area contributed by atoms with Crippen molar-refractivity contribution in [3.05, 3.63) is 0 Å². The van der Waals surface area contributed by atoms with Crippen LogP contribution in [0.2, 0.25) is 0 Å². The number of rotatable bonds is 3. The van der Waals surface area contributed by atoms with Crippen molar-refractivity contribution < 1.29 is 14.7 Å². The van der Waals surface area contributed by atoms with E-state index in [0.717, 1.165) is 0 Å². The molecule has 0 aromatic heterocycles. The lowest BCUT2D eigenvalue weighted by atomic mass is 10.3. The van der Waals surface area contributed by atoms with Gasteiger partial charge in [-0.3, -0.25) is 9.59 Å². The molecule has 0 bridgehead atoms. The van der Waals surface area contributed by atoms with Crippen LogP contribution in [0.15, 0.2) is 0 Å². The quantitative estimate of drug-likeness (QED) is 0.609. The van der Waals surface area contributed by atoms with Crippen molar-refractivity contribution >= 4 is 23.5 Å². The van der Waals surface area contributed by atoms with Gasteiger partial charge in [-0.25, -0.2) is 0 Å². The van der Waals surface area contributed by atoms with Crippen LogP contribution in [0.3, 0.4) is 0 Å². The second-order valence-corrected chi connectivity index (χ2v) is 2.84. The van der Waals surface area contributed by atoms with E-state index in [2.05, 4.69) is 5.32 Å². The van der Waals surface area contributed by atoms with E-state index in [1.807, 2.05) is 0 Å². The molecule has 0 rings (SSSR count). The van der Waals surface area contributed by atoms with Crippen molar-refractivity contribution in [2.24, 2.45) is 0 Å². The number of hydrogen-bond acceptors (Lipinski definition) is 2. The lowest BCUT2D eigenvalue weighted by molar-refractivity contribution is -0.141. The molecule has 2 N–H and O–H groups in total. The van der Waals surface area contributed by atoms with Crippen LogP contribution in [0.25, 0.3) is 0 Å². The topological polar surface area (TPSA) is 66.4 Å². The fourth-order valence-corrected chi connectivity index (χ4v) is 0.453. The van der Waals surface area contributed by atoms with Crippen LogP contribution in [0.4, 0.5) is 0 Å². The van der Waals surface area contributed by atoms with Crippen LogP contribution in [0, 0.1) is 0 Å². The van der Waals surface area contributed by atoms with E-state index in [1.54, 1.807) is 0 Å². The van der Waals surface area contributed by atoms with E-state index >= 15 is 0 Å². The minimum atomic E-state index is -1.07. The molecule has 0 unspecified atom stereocenters. The Labute approximate surface area is 69.5 Å². The number of carbonyl (C=O) groups excluding carboxylic acids is 1. The summed E-state index contributed by atoms with van der Waals surface area (Å²) in [7, 11) is 0. The number of aliphatic carboxylic acids is 1. The van der Waals surface area contributed by atoms with Gasteiger partial charge in [0, 0.05) is 0 Å². The largest absolute Gasteiger partial charge is 0.480 e. The molecule has 0 aliphatic rings. The van der Waals surface area contributed by atoms with Gasteiger partial charge in [-0.2, -0.15) is 0 Å². The Kier molecular flexibility index (Phi) is 3.89. The summed E-state index contributed by atoms with van der Waals surface area (Å²) >= 11 is 5.37. The third-order valence-corrected chi connectivity index (χ3v) is 1.29. The number of hydrogen-bond donors (Lipinski definition) is 2. The second-order valence-electron chi connectivity index (χ2n) is 2.18. The van der Waals surface area contributed by atoms with Gasteiger partial charge in [-0.1, -0.05) is 0 Å². The molecule has 0 aliphatic carbocycles. The SMILES string of the molecule is C[C@H](NC(=O)[C@@H](C)Cl)C(=O)O. The van der Waals surface area contributed by atoms with E-state index in [0.29, 0.717) is 0 Å². The highest BCUT2D eigenvalue weighted by molar-refractivity contribution is 6.30. The van der Waals surface area contributed by atoms with Crippen LogP contribution in [0.1, 0.15) is 13.8 Å². The Morgan fingerprint density at radius 1 is 1.45 bits per heavy atom. The zero-order chi connectivity index (χ0) is 9.02. The summed E-state index contributed by atoms with van der Waals surface area (Å²) < 4.78 is 0. The van der Waals surface area contributed by atoms with Gasteiger partial charge in [0.2, 0.25) is 5.91 Å². The van der Waals surface area contributed by atoms with Crippen molar-refractivity contribution in [1.82, 2.24) is 5.32 Å². The molecule has 0 radical (unpaired) electrons. The molecule has 11 heavy (non-hydrogen) atoms. The normalized spacial score (nSPS) is 15.2. The van der Waals surface area contributed by atoms with Crippen LogP contribution in [-0.4, -0.2) is 28.4 Å². The van der Waals surface area contributed by atoms with Gasteiger partial charge < -0.3 is 10.4 Å². The molecule has 0 saturated heterocycles. The molecule has 0 heterocycles. The maximum absolute atomic E-state index is 10.8. The summed E-state index contributed by atoms with van der Waals surface area (Å²) in [6.07, 6.45) is 0. The number of amides is 1. The van der Waals surface area contributed by atoms with E-state index in [1.165, 1.54) is 13.8 Å². The van der Waals surface area contributed by atoms with Crippen LogP contribution >= 0.6 is 11.6 Å². The van der Waals surface area contributed by atoms with Crippen LogP contribution in [0.5, 0.6) is 0 Å². The molecule has 0 aromatic rings. The van der Waals surface area contributed by atoms with Gasteiger partial charge in [0.15, 0.2) is 0 Å². The van der Waals surface area contributed by atoms with Crippen LogP contribution in [-0.2, 0) is 9.59 Å². The highest BCUT2D eigenvalue weighted by Gasteiger charge is 2.16. The predicted octanol–water partition coefficient (Wildman–Crippen LogP) is 0.203. The molecule has 0 aromatic carbocycles. The Balaban J connectivity index is 3.85. The third kappa shape index (κ3) is 3.83. The molecule has 64 valence electrons. The predicted molar refractivity (Wildman–Crippen MR) is 40.6 cm³/mol. The summed E-state index contributed by atoms with van der Waals surface area (Å²) in [5.74, 6) is -1.54.